The van der Waals surface area contributed by atoms with E-state index in [4.69, 9.17) is 0 Å². The standard InChI is InChI=1S/C18H23N3O3/c1-3-4-10-19-16(22)13-21-17(23)9-11-20(18(21)24)12-15-8-6-5-7-14(15)2/h5-9,11H,3-4,10,12-13H2,1-2H3,(H,19,22). The fourth-order valence-electron chi connectivity index (χ4n) is 2.40. The van der Waals surface area contributed by atoms with Gasteiger partial charge in [-0.25, -0.2) is 4.79 Å². The minimum Gasteiger partial charge on any atom is -0.355 e. The van der Waals surface area contributed by atoms with Crippen LogP contribution in [0.15, 0.2) is 46.1 Å². The van der Waals surface area contributed by atoms with Crippen LogP contribution < -0.4 is 16.6 Å². The molecular weight excluding hydrogens is 306 g/mol. The second-order valence-corrected chi connectivity index (χ2v) is 5.78. The van der Waals surface area contributed by atoms with Crippen LogP contribution in [-0.2, 0) is 17.9 Å². The number of carbonyl (C=O) groups excluding carboxylic acids is 1. The Kier molecular flexibility index (Phi) is 6.12. The van der Waals surface area contributed by atoms with Crippen molar-refractivity contribution in [3.8, 4) is 0 Å². The normalized spacial score (nSPS) is 10.6. The number of nitrogens with zero attached hydrogens (tertiary/aromatic N) is 2. The van der Waals surface area contributed by atoms with Crippen LogP contribution in [-0.4, -0.2) is 21.6 Å². The number of benzene rings is 1. The molecule has 1 N–H and O–H groups in total. The van der Waals surface area contributed by atoms with Crippen molar-refractivity contribution in [3.63, 3.8) is 0 Å². The third-order valence-electron chi connectivity index (χ3n) is 3.90. The average molecular weight is 329 g/mol. The van der Waals surface area contributed by atoms with Crippen LogP contribution in [0.2, 0.25) is 0 Å². The molecule has 2 rings (SSSR count). The highest BCUT2D eigenvalue weighted by atomic mass is 16.2. The summed E-state index contributed by atoms with van der Waals surface area (Å²) in [6.07, 6.45) is 3.31. The molecule has 0 fully saturated rings. The first-order valence-electron chi connectivity index (χ1n) is 8.14. The number of hydrogen-bond donors (Lipinski definition) is 1. The number of rotatable bonds is 7. The van der Waals surface area contributed by atoms with E-state index in [2.05, 4.69) is 5.32 Å². The zero-order valence-corrected chi connectivity index (χ0v) is 14.1. The van der Waals surface area contributed by atoms with E-state index in [1.165, 1.54) is 16.8 Å². The first-order chi connectivity index (χ1) is 11.5. The van der Waals surface area contributed by atoms with Crippen LogP contribution >= 0.6 is 0 Å². The number of carbonyl (C=O) groups is 1. The molecule has 1 amide bonds. The van der Waals surface area contributed by atoms with Gasteiger partial charge in [-0.1, -0.05) is 37.6 Å². The topological polar surface area (TPSA) is 73.1 Å². The minimum atomic E-state index is -0.476. The maximum Gasteiger partial charge on any atom is 0.331 e. The summed E-state index contributed by atoms with van der Waals surface area (Å²) in [6, 6.07) is 9.07. The summed E-state index contributed by atoms with van der Waals surface area (Å²) in [5.74, 6) is -0.323. The first-order valence-corrected chi connectivity index (χ1v) is 8.14. The number of unbranched alkanes of at least 4 members (excludes halogenated alkanes) is 1. The molecule has 6 nitrogen and oxygen atoms in total. The van der Waals surface area contributed by atoms with E-state index in [0.717, 1.165) is 28.5 Å². The molecule has 0 aliphatic rings. The van der Waals surface area contributed by atoms with Crippen molar-refractivity contribution in [2.75, 3.05) is 6.54 Å². The number of aromatic nitrogens is 2. The molecule has 1 aromatic heterocycles. The lowest BCUT2D eigenvalue weighted by Gasteiger charge is -2.11. The Morgan fingerprint density at radius 1 is 1.17 bits per heavy atom. The highest BCUT2D eigenvalue weighted by Gasteiger charge is 2.10. The lowest BCUT2D eigenvalue weighted by molar-refractivity contribution is -0.121. The van der Waals surface area contributed by atoms with E-state index in [-0.39, 0.29) is 12.5 Å². The van der Waals surface area contributed by atoms with Gasteiger partial charge in [0, 0.05) is 18.8 Å². The molecule has 1 aromatic carbocycles. The summed E-state index contributed by atoms with van der Waals surface area (Å²) in [4.78, 5) is 36.4. The molecule has 0 saturated carbocycles. The highest BCUT2D eigenvalue weighted by molar-refractivity contribution is 5.75. The van der Waals surface area contributed by atoms with Gasteiger partial charge in [-0.15, -0.1) is 0 Å². The van der Waals surface area contributed by atoms with Gasteiger partial charge in [0.2, 0.25) is 5.91 Å². The summed E-state index contributed by atoms with van der Waals surface area (Å²) in [5, 5.41) is 2.72. The van der Waals surface area contributed by atoms with Crippen molar-refractivity contribution in [2.45, 2.75) is 39.8 Å². The van der Waals surface area contributed by atoms with E-state index in [1.54, 1.807) is 0 Å². The number of nitrogens with one attached hydrogen (secondary N) is 1. The number of amides is 1. The summed E-state index contributed by atoms with van der Waals surface area (Å²) >= 11 is 0. The fourth-order valence-corrected chi connectivity index (χ4v) is 2.40. The van der Waals surface area contributed by atoms with Crippen molar-refractivity contribution in [3.05, 3.63) is 68.5 Å². The summed E-state index contributed by atoms with van der Waals surface area (Å²) in [5.41, 5.74) is 1.12. The fraction of sp³-hybridized carbons (Fsp3) is 0.389. The Bertz CT molecular complexity index is 821. The molecule has 2 aromatic rings. The molecule has 128 valence electrons. The Hall–Kier alpha value is -2.63. The summed E-state index contributed by atoms with van der Waals surface area (Å²) in [7, 11) is 0. The minimum absolute atomic E-state index is 0.254. The van der Waals surface area contributed by atoms with E-state index in [0.29, 0.717) is 13.1 Å². The SMILES string of the molecule is CCCCNC(=O)Cn1c(=O)ccn(Cc2ccccc2C)c1=O. The third-order valence-corrected chi connectivity index (χ3v) is 3.90. The molecule has 24 heavy (non-hydrogen) atoms. The zero-order chi connectivity index (χ0) is 17.5. The predicted octanol–water partition coefficient (Wildman–Crippen LogP) is 1.28. The summed E-state index contributed by atoms with van der Waals surface area (Å²) < 4.78 is 2.42. The van der Waals surface area contributed by atoms with Gasteiger partial charge in [-0.05, 0) is 24.5 Å². The Labute approximate surface area is 140 Å². The second kappa shape index (κ2) is 8.29. The van der Waals surface area contributed by atoms with Crippen molar-refractivity contribution in [1.29, 1.82) is 0 Å². The van der Waals surface area contributed by atoms with Crippen LogP contribution in [0.3, 0.4) is 0 Å². The molecule has 0 spiro atoms. The largest absolute Gasteiger partial charge is 0.355 e. The lowest BCUT2D eigenvalue weighted by Crippen LogP contribution is -2.43. The molecule has 0 bridgehead atoms. The predicted molar refractivity (Wildman–Crippen MR) is 93.2 cm³/mol. The van der Waals surface area contributed by atoms with Crippen LogP contribution in [0.4, 0.5) is 0 Å². The monoisotopic (exact) mass is 329 g/mol. The molecule has 0 unspecified atom stereocenters. The smallest absolute Gasteiger partial charge is 0.331 e. The van der Waals surface area contributed by atoms with Crippen molar-refractivity contribution in [2.24, 2.45) is 0 Å². The van der Waals surface area contributed by atoms with Gasteiger partial charge >= 0.3 is 5.69 Å². The summed E-state index contributed by atoms with van der Waals surface area (Å²) in [6.45, 7) is 4.66. The quantitative estimate of drug-likeness (QED) is 0.778. The van der Waals surface area contributed by atoms with E-state index < -0.39 is 11.2 Å². The maximum atomic E-state index is 12.5. The molecule has 6 heteroatoms. The van der Waals surface area contributed by atoms with Gasteiger partial charge in [0.1, 0.15) is 6.54 Å². The van der Waals surface area contributed by atoms with Crippen LogP contribution in [0.1, 0.15) is 30.9 Å². The molecule has 0 saturated heterocycles. The Balaban J connectivity index is 2.21. The van der Waals surface area contributed by atoms with Crippen LogP contribution in [0.5, 0.6) is 0 Å². The van der Waals surface area contributed by atoms with E-state index in [1.807, 2.05) is 38.1 Å². The third kappa shape index (κ3) is 4.44. The van der Waals surface area contributed by atoms with Crippen molar-refractivity contribution in [1.82, 2.24) is 14.5 Å². The van der Waals surface area contributed by atoms with Gasteiger partial charge < -0.3 is 5.32 Å². The van der Waals surface area contributed by atoms with Gasteiger partial charge in [0.15, 0.2) is 0 Å². The Morgan fingerprint density at radius 3 is 2.62 bits per heavy atom. The molecule has 0 atom stereocenters. The molecule has 1 heterocycles. The second-order valence-electron chi connectivity index (χ2n) is 5.78. The first kappa shape index (κ1) is 17.7. The van der Waals surface area contributed by atoms with Gasteiger partial charge in [-0.3, -0.25) is 18.7 Å². The average Bonchev–Trinajstić information content (AvgIpc) is 2.56. The molecule has 0 aliphatic heterocycles. The van der Waals surface area contributed by atoms with Gasteiger partial charge in [0.25, 0.3) is 5.56 Å². The highest BCUT2D eigenvalue weighted by Crippen LogP contribution is 2.07. The number of aryl methyl sites for hydroxylation is 1. The lowest BCUT2D eigenvalue weighted by atomic mass is 10.1. The number of hydrogen-bond acceptors (Lipinski definition) is 3. The molecular formula is C18H23N3O3. The maximum absolute atomic E-state index is 12.5. The van der Waals surface area contributed by atoms with Gasteiger partial charge in [0.05, 0.1) is 6.54 Å². The van der Waals surface area contributed by atoms with E-state index in [9.17, 15) is 14.4 Å². The molecule has 0 aliphatic carbocycles. The van der Waals surface area contributed by atoms with Crippen LogP contribution in [0, 0.1) is 6.92 Å². The van der Waals surface area contributed by atoms with E-state index >= 15 is 0 Å². The van der Waals surface area contributed by atoms with Crippen LogP contribution in [0.25, 0.3) is 0 Å². The van der Waals surface area contributed by atoms with Crippen molar-refractivity contribution < 1.29 is 4.79 Å². The Morgan fingerprint density at radius 2 is 1.92 bits per heavy atom. The van der Waals surface area contributed by atoms with Gasteiger partial charge in [-0.2, -0.15) is 0 Å². The van der Waals surface area contributed by atoms with Crippen molar-refractivity contribution >= 4 is 5.91 Å². The zero-order valence-electron chi connectivity index (χ0n) is 14.1. The molecule has 0 radical (unpaired) electrons.